The van der Waals surface area contributed by atoms with Gasteiger partial charge < -0.3 is 20.1 Å². The predicted octanol–water partition coefficient (Wildman–Crippen LogP) is 5.64. The standard InChI is InChI=1S/C28H34O5/c1-17(2)10-9-15-28(5)22(29)16-21-25(31)20(14-13-18(3)4)26(32)23(27(21)33-28)24(30)19-11-7-6-8-12-19/h6-8,10-13,22,29,31-32H,9,14-16H2,1-5H3/t22-,28+/m0/s1. The minimum atomic E-state index is -0.967. The lowest BCUT2D eigenvalue weighted by molar-refractivity contribution is -0.0597. The van der Waals surface area contributed by atoms with Gasteiger partial charge in [0.1, 0.15) is 28.4 Å². The van der Waals surface area contributed by atoms with Crippen molar-refractivity contribution < 1.29 is 24.9 Å². The smallest absolute Gasteiger partial charge is 0.200 e. The Bertz CT molecular complexity index is 1090. The number of aromatic hydroxyl groups is 2. The molecule has 0 aromatic heterocycles. The highest BCUT2D eigenvalue weighted by Gasteiger charge is 2.43. The van der Waals surface area contributed by atoms with Crippen LogP contribution in [0.15, 0.2) is 53.6 Å². The van der Waals surface area contributed by atoms with Gasteiger partial charge in [-0.25, -0.2) is 0 Å². The summed E-state index contributed by atoms with van der Waals surface area (Å²) in [5.74, 6) is -0.633. The zero-order valence-electron chi connectivity index (χ0n) is 20.1. The van der Waals surface area contributed by atoms with Gasteiger partial charge in [-0.3, -0.25) is 4.79 Å². The first-order valence-corrected chi connectivity index (χ1v) is 11.4. The molecule has 3 rings (SSSR count). The molecule has 5 nitrogen and oxygen atoms in total. The fourth-order valence-corrected chi connectivity index (χ4v) is 4.13. The maximum absolute atomic E-state index is 13.5. The van der Waals surface area contributed by atoms with Crippen molar-refractivity contribution in [1.29, 1.82) is 0 Å². The quantitative estimate of drug-likeness (QED) is 0.375. The largest absolute Gasteiger partial charge is 0.507 e. The fraction of sp³-hybridized carbons (Fsp3) is 0.393. The summed E-state index contributed by atoms with van der Waals surface area (Å²) < 4.78 is 6.29. The molecule has 0 radical (unpaired) electrons. The first-order chi connectivity index (χ1) is 15.5. The molecule has 33 heavy (non-hydrogen) atoms. The summed E-state index contributed by atoms with van der Waals surface area (Å²) in [4.78, 5) is 13.5. The summed E-state index contributed by atoms with van der Waals surface area (Å²) in [7, 11) is 0. The molecule has 3 N–H and O–H groups in total. The van der Waals surface area contributed by atoms with Crippen LogP contribution >= 0.6 is 0 Å². The highest BCUT2D eigenvalue weighted by atomic mass is 16.5. The van der Waals surface area contributed by atoms with Crippen molar-refractivity contribution in [3.63, 3.8) is 0 Å². The van der Waals surface area contributed by atoms with Crippen molar-refractivity contribution in [1.82, 2.24) is 0 Å². The highest BCUT2D eigenvalue weighted by molar-refractivity contribution is 6.13. The minimum Gasteiger partial charge on any atom is -0.507 e. The number of rotatable bonds is 7. The van der Waals surface area contributed by atoms with Crippen molar-refractivity contribution in [2.45, 2.75) is 72.0 Å². The Morgan fingerprint density at radius 1 is 1.06 bits per heavy atom. The lowest BCUT2D eigenvalue weighted by Gasteiger charge is -2.41. The number of ether oxygens (including phenoxy) is 1. The molecule has 2 aromatic carbocycles. The van der Waals surface area contributed by atoms with Crippen molar-refractivity contribution in [2.24, 2.45) is 0 Å². The summed E-state index contributed by atoms with van der Waals surface area (Å²) in [5, 5.41) is 33.2. The molecule has 0 amide bonds. The van der Waals surface area contributed by atoms with Gasteiger partial charge in [0, 0.05) is 23.1 Å². The van der Waals surface area contributed by atoms with E-state index in [1.54, 1.807) is 31.2 Å². The van der Waals surface area contributed by atoms with Crippen LogP contribution in [-0.4, -0.2) is 32.8 Å². The number of allylic oxidation sites excluding steroid dienone is 4. The number of ketones is 1. The van der Waals surface area contributed by atoms with Crippen LogP contribution in [0, 0.1) is 0 Å². The third kappa shape index (κ3) is 5.14. The van der Waals surface area contributed by atoms with Crippen LogP contribution in [0.5, 0.6) is 17.2 Å². The first-order valence-electron chi connectivity index (χ1n) is 11.4. The normalized spacial score (nSPS) is 19.3. The lowest BCUT2D eigenvalue weighted by atomic mass is 9.82. The van der Waals surface area contributed by atoms with Gasteiger partial charge in [0.05, 0.1) is 6.10 Å². The Morgan fingerprint density at radius 3 is 2.30 bits per heavy atom. The van der Waals surface area contributed by atoms with E-state index in [1.807, 2.05) is 39.8 Å². The predicted molar refractivity (Wildman–Crippen MR) is 130 cm³/mol. The fourth-order valence-electron chi connectivity index (χ4n) is 4.13. The van der Waals surface area contributed by atoms with Crippen LogP contribution in [-0.2, 0) is 12.8 Å². The van der Waals surface area contributed by atoms with Crippen molar-refractivity contribution in [2.75, 3.05) is 0 Å². The van der Waals surface area contributed by atoms with E-state index in [4.69, 9.17) is 4.74 Å². The molecule has 5 heteroatoms. The Morgan fingerprint density at radius 2 is 1.70 bits per heavy atom. The number of fused-ring (bicyclic) bond motifs is 1. The second-order valence-corrected chi connectivity index (χ2v) is 9.49. The van der Waals surface area contributed by atoms with E-state index in [1.165, 1.54) is 5.57 Å². The van der Waals surface area contributed by atoms with Gasteiger partial charge in [0.2, 0.25) is 5.78 Å². The van der Waals surface area contributed by atoms with E-state index >= 15 is 0 Å². The summed E-state index contributed by atoms with van der Waals surface area (Å²) in [6.45, 7) is 9.68. The molecule has 0 saturated carbocycles. The van der Waals surface area contributed by atoms with Crippen LogP contribution in [0.25, 0.3) is 0 Å². The minimum absolute atomic E-state index is 0.0338. The van der Waals surface area contributed by atoms with Gasteiger partial charge in [0.25, 0.3) is 0 Å². The summed E-state index contributed by atoms with van der Waals surface area (Å²) in [6, 6.07) is 8.70. The van der Waals surface area contributed by atoms with Crippen LogP contribution in [0.1, 0.15) is 74.5 Å². The molecule has 1 heterocycles. The molecule has 0 fully saturated rings. The van der Waals surface area contributed by atoms with Gasteiger partial charge in [-0.15, -0.1) is 0 Å². The number of phenols is 2. The summed E-state index contributed by atoms with van der Waals surface area (Å²) in [6.07, 6.45) is 4.69. The van der Waals surface area contributed by atoms with E-state index < -0.39 is 11.7 Å². The number of aliphatic hydroxyl groups is 1. The lowest BCUT2D eigenvalue weighted by Crippen LogP contribution is -2.49. The molecule has 0 bridgehead atoms. The number of carbonyl (C=O) groups excluding carboxylic acids is 1. The number of hydrogen-bond donors (Lipinski definition) is 3. The molecule has 1 aliphatic rings. The van der Waals surface area contributed by atoms with Crippen molar-refractivity contribution in [3.05, 3.63) is 75.9 Å². The van der Waals surface area contributed by atoms with Gasteiger partial charge in [-0.1, -0.05) is 53.6 Å². The second kappa shape index (κ2) is 9.84. The molecule has 0 spiro atoms. The monoisotopic (exact) mass is 450 g/mol. The average Bonchev–Trinajstić information content (AvgIpc) is 2.75. The van der Waals surface area contributed by atoms with E-state index in [0.29, 0.717) is 24.0 Å². The zero-order valence-corrected chi connectivity index (χ0v) is 20.1. The Labute approximate surface area is 196 Å². The molecular formula is C28H34O5. The van der Waals surface area contributed by atoms with Crippen LogP contribution in [0.3, 0.4) is 0 Å². The van der Waals surface area contributed by atoms with Gasteiger partial charge in [-0.2, -0.15) is 0 Å². The van der Waals surface area contributed by atoms with E-state index in [9.17, 15) is 20.1 Å². The second-order valence-electron chi connectivity index (χ2n) is 9.49. The van der Waals surface area contributed by atoms with E-state index in [2.05, 4.69) is 6.08 Å². The van der Waals surface area contributed by atoms with Gasteiger partial charge in [0.15, 0.2) is 0 Å². The Balaban J connectivity index is 2.18. The maximum atomic E-state index is 13.5. The molecule has 0 saturated heterocycles. The average molecular weight is 451 g/mol. The van der Waals surface area contributed by atoms with Crippen LogP contribution in [0.4, 0.5) is 0 Å². The topological polar surface area (TPSA) is 87.0 Å². The van der Waals surface area contributed by atoms with Gasteiger partial charge in [-0.05, 0) is 53.9 Å². The Hall–Kier alpha value is -3.05. The molecule has 0 unspecified atom stereocenters. The SMILES string of the molecule is CC(C)=CCC[C@@]1(C)Oc2c(c(O)c(CC=C(C)C)c(O)c2C(=O)c2ccccc2)C[C@@H]1O. The van der Waals surface area contributed by atoms with Crippen LogP contribution in [0.2, 0.25) is 0 Å². The number of benzene rings is 2. The maximum Gasteiger partial charge on any atom is 0.200 e. The number of hydrogen-bond acceptors (Lipinski definition) is 5. The third-order valence-corrected chi connectivity index (χ3v) is 6.20. The molecule has 2 atom stereocenters. The number of carbonyl (C=O) groups is 1. The zero-order chi connectivity index (χ0) is 24.3. The Kier molecular flexibility index (Phi) is 7.33. The highest BCUT2D eigenvalue weighted by Crippen LogP contribution is 2.49. The summed E-state index contributed by atoms with van der Waals surface area (Å²) in [5.41, 5.74) is 2.29. The van der Waals surface area contributed by atoms with Gasteiger partial charge >= 0.3 is 0 Å². The molecule has 1 aliphatic heterocycles. The summed E-state index contributed by atoms with van der Waals surface area (Å²) >= 11 is 0. The van der Waals surface area contributed by atoms with E-state index in [0.717, 1.165) is 5.57 Å². The van der Waals surface area contributed by atoms with Crippen molar-refractivity contribution in [3.8, 4) is 17.2 Å². The van der Waals surface area contributed by atoms with E-state index in [-0.39, 0.29) is 47.0 Å². The molecule has 0 aliphatic carbocycles. The van der Waals surface area contributed by atoms with Crippen LogP contribution < -0.4 is 4.74 Å². The number of phenolic OH excluding ortho intramolecular Hbond substituents is 2. The van der Waals surface area contributed by atoms with Crippen molar-refractivity contribution >= 4 is 5.78 Å². The number of aliphatic hydroxyl groups excluding tert-OH is 1. The molecular weight excluding hydrogens is 416 g/mol. The molecule has 2 aromatic rings. The first kappa shape index (κ1) is 24.6. The third-order valence-electron chi connectivity index (χ3n) is 6.20. The molecule has 176 valence electrons.